The predicted molar refractivity (Wildman–Crippen MR) is 132 cm³/mol. The van der Waals surface area contributed by atoms with Gasteiger partial charge in [0.1, 0.15) is 11.9 Å². The van der Waals surface area contributed by atoms with Gasteiger partial charge in [-0.3, -0.25) is 4.72 Å². The molecule has 38 heavy (non-hydrogen) atoms. The van der Waals surface area contributed by atoms with Gasteiger partial charge in [0.2, 0.25) is 17.6 Å². The fourth-order valence-corrected chi connectivity index (χ4v) is 4.59. The van der Waals surface area contributed by atoms with Gasteiger partial charge in [-0.25, -0.2) is 28.1 Å². The smallest absolute Gasteiger partial charge is 0.301 e. The van der Waals surface area contributed by atoms with Crippen molar-refractivity contribution in [2.24, 2.45) is 0 Å². The Morgan fingerprint density at radius 2 is 1.95 bits per heavy atom. The molecule has 3 N–H and O–H groups in total. The molecule has 0 spiro atoms. The molecule has 0 amide bonds. The monoisotopic (exact) mass is 555 g/mol. The van der Waals surface area contributed by atoms with Crippen molar-refractivity contribution in [1.29, 1.82) is 0 Å². The molecule has 0 bridgehead atoms. The first-order valence-corrected chi connectivity index (χ1v) is 13.0. The van der Waals surface area contributed by atoms with E-state index >= 15 is 0 Å². The maximum absolute atomic E-state index is 14.9. The summed E-state index contributed by atoms with van der Waals surface area (Å²) in [6.45, 7) is 2.32. The van der Waals surface area contributed by atoms with Gasteiger partial charge in [-0.2, -0.15) is 17.1 Å². The summed E-state index contributed by atoms with van der Waals surface area (Å²) in [5, 5.41) is 6.01. The molecule has 0 radical (unpaired) electrons. The predicted octanol–water partition coefficient (Wildman–Crippen LogP) is 3.47. The molecule has 0 saturated carbocycles. The minimum Gasteiger partial charge on any atom is -0.435 e. The molecule has 1 unspecified atom stereocenters. The first kappa shape index (κ1) is 27.5. The number of aromatic nitrogens is 3. The normalized spacial score (nSPS) is 17.9. The third-order valence-electron chi connectivity index (χ3n) is 5.75. The largest absolute Gasteiger partial charge is 0.435 e. The number of nitrogens with one attached hydrogen (secondary N) is 3. The van der Waals surface area contributed by atoms with Gasteiger partial charge in [0.15, 0.2) is 17.4 Å². The second-order valence-electron chi connectivity index (χ2n) is 8.44. The van der Waals surface area contributed by atoms with E-state index in [1.165, 1.54) is 32.4 Å². The Balaban J connectivity index is 1.61. The summed E-state index contributed by atoms with van der Waals surface area (Å²) in [6, 6.07) is 4.88. The highest BCUT2D eigenvalue weighted by atomic mass is 32.2. The third-order valence-corrected chi connectivity index (χ3v) is 7.29. The molecule has 4 rings (SSSR count). The summed E-state index contributed by atoms with van der Waals surface area (Å²) in [7, 11) is -3.13. The molecular formula is C23H25F4N7O3S. The Morgan fingerprint density at radius 3 is 2.68 bits per heavy atom. The zero-order chi connectivity index (χ0) is 27.4. The van der Waals surface area contributed by atoms with Crippen LogP contribution in [0.25, 0.3) is 11.3 Å². The number of benzene rings is 1. The van der Waals surface area contributed by atoms with Crippen LogP contribution in [0.4, 0.5) is 29.2 Å². The van der Waals surface area contributed by atoms with E-state index in [0.29, 0.717) is 18.3 Å². The summed E-state index contributed by atoms with van der Waals surface area (Å²) in [6.07, 6.45) is 2.03. The molecule has 204 valence electrons. The van der Waals surface area contributed by atoms with Gasteiger partial charge < -0.3 is 15.4 Å². The van der Waals surface area contributed by atoms with Crippen molar-refractivity contribution in [3.8, 4) is 22.9 Å². The number of pyridine rings is 1. The fourth-order valence-electron chi connectivity index (χ4n) is 3.65. The lowest BCUT2D eigenvalue weighted by atomic mass is 10.1. The van der Waals surface area contributed by atoms with Gasteiger partial charge in [0, 0.05) is 57.6 Å². The lowest BCUT2D eigenvalue weighted by Crippen LogP contribution is -2.44. The molecule has 1 fully saturated rings. The van der Waals surface area contributed by atoms with Crippen LogP contribution in [0.2, 0.25) is 0 Å². The SMILES string of the molecule is CCN(C)S(=O)(=O)Nc1c(F)cc(Oc2ncccc2-c2ccnc(NC3CNC[C@@H](F)C3)n2)c(F)c1F. The van der Waals surface area contributed by atoms with Gasteiger partial charge in [-0.1, -0.05) is 6.92 Å². The van der Waals surface area contributed by atoms with Crippen molar-refractivity contribution in [2.75, 3.05) is 36.7 Å². The molecule has 1 aromatic carbocycles. The Labute approximate surface area is 216 Å². The van der Waals surface area contributed by atoms with E-state index in [-0.39, 0.29) is 42.9 Å². The minimum atomic E-state index is -4.32. The van der Waals surface area contributed by atoms with Crippen molar-refractivity contribution in [1.82, 2.24) is 24.6 Å². The molecular weight excluding hydrogens is 530 g/mol. The van der Waals surface area contributed by atoms with Crippen LogP contribution in [0.1, 0.15) is 13.3 Å². The third kappa shape index (κ3) is 6.11. The van der Waals surface area contributed by atoms with E-state index < -0.39 is 45.3 Å². The number of piperidine rings is 1. The number of ether oxygens (including phenoxy) is 1. The molecule has 10 nitrogen and oxygen atoms in total. The maximum Gasteiger partial charge on any atom is 0.301 e. The maximum atomic E-state index is 14.9. The van der Waals surface area contributed by atoms with E-state index in [9.17, 15) is 26.0 Å². The van der Waals surface area contributed by atoms with Gasteiger partial charge in [0.05, 0.1) is 11.3 Å². The molecule has 1 aliphatic heterocycles. The van der Waals surface area contributed by atoms with Crippen LogP contribution in [-0.4, -0.2) is 66.6 Å². The van der Waals surface area contributed by atoms with Crippen LogP contribution >= 0.6 is 0 Å². The van der Waals surface area contributed by atoms with E-state index in [1.807, 2.05) is 0 Å². The number of hydrogen-bond acceptors (Lipinski definition) is 8. The van der Waals surface area contributed by atoms with Crippen LogP contribution in [0.15, 0.2) is 36.7 Å². The number of hydrogen-bond donors (Lipinski definition) is 3. The molecule has 2 atom stereocenters. The minimum absolute atomic E-state index is 0.0128. The first-order valence-electron chi connectivity index (χ1n) is 11.6. The van der Waals surface area contributed by atoms with Crippen LogP contribution in [-0.2, 0) is 10.2 Å². The van der Waals surface area contributed by atoms with Crippen molar-refractivity contribution in [2.45, 2.75) is 25.6 Å². The number of nitrogens with zero attached hydrogens (tertiary/aromatic N) is 4. The number of alkyl halides is 1. The van der Waals surface area contributed by atoms with Gasteiger partial charge in [-0.15, -0.1) is 0 Å². The van der Waals surface area contributed by atoms with Gasteiger partial charge in [0.25, 0.3) is 0 Å². The second-order valence-corrected chi connectivity index (χ2v) is 10.2. The van der Waals surface area contributed by atoms with Crippen molar-refractivity contribution in [3.63, 3.8) is 0 Å². The Morgan fingerprint density at radius 1 is 1.16 bits per heavy atom. The van der Waals surface area contributed by atoms with Crippen LogP contribution in [0, 0.1) is 17.5 Å². The van der Waals surface area contributed by atoms with Crippen LogP contribution < -0.4 is 20.1 Å². The summed E-state index contributed by atoms with van der Waals surface area (Å²) >= 11 is 0. The fraction of sp³-hybridized carbons (Fsp3) is 0.348. The van der Waals surface area contributed by atoms with Crippen LogP contribution in [0.5, 0.6) is 11.6 Å². The highest BCUT2D eigenvalue weighted by Crippen LogP contribution is 2.35. The molecule has 3 aromatic rings. The summed E-state index contributed by atoms with van der Waals surface area (Å²) < 4.78 is 90.3. The Kier molecular flexibility index (Phi) is 8.28. The summed E-state index contributed by atoms with van der Waals surface area (Å²) in [5.41, 5.74) is -0.646. The van der Waals surface area contributed by atoms with Crippen molar-refractivity contribution in [3.05, 3.63) is 54.1 Å². The van der Waals surface area contributed by atoms with Crippen molar-refractivity contribution >= 4 is 21.8 Å². The average Bonchev–Trinajstić information content (AvgIpc) is 2.89. The molecule has 2 aromatic heterocycles. The summed E-state index contributed by atoms with van der Waals surface area (Å²) in [4.78, 5) is 12.6. The second kappa shape index (κ2) is 11.4. The number of rotatable bonds is 9. The van der Waals surface area contributed by atoms with E-state index in [0.717, 1.165) is 4.31 Å². The molecule has 1 aliphatic rings. The van der Waals surface area contributed by atoms with E-state index in [4.69, 9.17) is 4.74 Å². The molecule has 1 saturated heterocycles. The van der Waals surface area contributed by atoms with E-state index in [1.54, 1.807) is 16.9 Å². The molecule has 3 heterocycles. The Hall–Kier alpha value is -3.56. The summed E-state index contributed by atoms with van der Waals surface area (Å²) in [5.74, 6) is -5.69. The zero-order valence-electron chi connectivity index (χ0n) is 20.4. The topological polar surface area (TPSA) is 121 Å². The van der Waals surface area contributed by atoms with Crippen LogP contribution in [0.3, 0.4) is 0 Å². The Bertz CT molecular complexity index is 1410. The quantitative estimate of drug-likeness (QED) is 0.271. The number of halogens is 4. The van der Waals surface area contributed by atoms with Gasteiger partial charge in [-0.05, 0) is 18.2 Å². The zero-order valence-corrected chi connectivity index (χ0v) is 21.2. The van der Waals surface area contributed by atoms with Crippen molar-refractivity contribution < 1.29 is 30.7 Å². The number of anilines is 2. The first-order chi connectivity index (χ1) is 18.1. The highest BCUT2D eigenvalue weighted by Gasteiger charge is 2.27. The molecule has 15 heteroatoms. The average molecular weight is 556 g/mol. The lowest BCUT2D eigenvalue weighted by Gasteiger charge is -2.26. The lowest BCUT2D eigenvalue weighted by molar-refractivity contribution is 0.254. The van der Waals surface area contributed by atoms with E-state index in [2.05, 4.69) is 25.6 Å². The highest BCUT2D eigenvalue weighted by molar-refractivity contribution is 7.90. The van der Waals surface area contributed by atoms with Gasteiger partial charge >= 0.3 is 10.2 Å². The molecule has 0 aliphatic carbocycles. The standard InChI is InChI=1S/C23H25F4N7O3S/c1-3-34(2)38(35,36)33-21-16(25)10-18(19(26)20(21)27)37-22-15(5-4-7-29-22)17-6-8-30-23(32-17)31-14-9-13(24)11-28-12-14/h4-8,10,13-14,28,33H,3,9,11-12H2,1-2H3,(H,30,31,32)/t13-,14?/m0/s1.